The summed E-state index contributed by atoms with van der Waals surface area (Å²) in [6.45, 7) is 2.16. The van der Waals surface area contributed by atoms with Gasteiger partial charge in [-0.25, -0.2) is 8.42 Å². The van der Waals surface area contributed by atoms with Crippen molar-refractivity contribution >= 4 is 27.3 Å². The predicted molar refractivity (Wildman–Crippen MR) is 104 cm³/mol. The number of nitrogens with zero attached hydrogens (tertiary/aromatic N) is 1. The highest BCUT2D eigenvalue weighted by Gasteiger charge is 2.17. The van der Waals surface area contributed by atoms with Crippen LogP contribution in [0.15, 0.2) is 48.5 Å². The normalized spacial score (nSPS) is 11.0. The molecule has 0 aromatic heterocycles. The van der Waals surface area contributed by atoms with Crippen molar-refractivity contribution in [1.82, 2.24) is 0 Å². The number of aryl methyl sites for hydroxylation is 1. The van der Waals surface area contributed by atoms with Crippen LogP contribution >= 0.6 is 0 Å². The number of nitrogens with one attached hydrogen (secondary N) is 1. The molecule has 0 fully saturated rings. The first kappa shape index (κ1) is 19.8. The highest BCUT2D eigenvalue weighted by Crippen LogP contribution is 2.20. The van der Waals surface area contributed by atoms with E-state index in [1.807, 2.05) is 25.1 Å². The van der Waals surface area contributed by atoms with Crippen molar-refractivity contribution in [3.8, 4) is 5.75 Å². The number of hydrogen-bond donors (Lipinski definition) is 1. The van der Waals surface area contributed by atoms with Crippen molar-refractivity contribution in [3.63, 3.8) is 0 Å². The van der Waals surface area contributed by atoms with E-state index >= 15 is 0 Å². The second kappa shape index (κ2) is 8.71. The molecule has 0 saturated carbocycles. The van der Waals surface area contributed by atoms with Crippen molar-refractivity contribution < 1.29 is 17.9 Å². The first-order valence-electron chi connectivity index (χ1n) is 8.28. The van der Waals surface area contributed by atoms with Crippen LogP contribution in [0.3, 0.4) is 0 Å². The van der Waals surface area contributed by atoms with Crippen LogP contribution in [-0.4, -0.2) is 34.2 Å². The number of carbonyl (C=O) groups is 1. The largest absolute Gasteiger partial charge is 0.497 e. The summed E-state index contributed by atoms with van der Waals surface area (Å²) in [6, 6.07) is 14.3. The maximum atomic E-state index is 12.1. The molecule has 2 rings (SSSR count). The minimum absolute atomic E-state index is 0.159. The van der Waals surface area contributed by atoms with Gasteiger partial charge in [-0.05, 0) is 55.3 Å². The van der Waals surface area contributed by atoms with Crippen LogP contribution < -0.4 is 14.4 Å². The molecule has 140 valence electrons. The number of benzene rings is 2. The molecule has 0 heterocycles. The van der Waals surface area contributed by atoms with Crippen molar-refractivity contribution in [1.29, 1.82) is 0 Å². The van der Waals surface area contributed by atoms with Crippen molar-refractivity contribution in [3.05, 3.63) is 54.1 Å². The van der Waals surface area contributed by atoms with Gasteiger partial charge < -0.3 is 10.1 Å². The van der Waals surface area contributed by atoms with Gasteiger partial charge in [-0.2, -0.15) is 0 Å². The molecule has 26 heavy (non-hydrogen) atoms. The molecule has 6 nitrogen and oxygen atoms in total. The quantitative estimate of drug-likeness (QED) is 0.768. The molecule has 0 saturated heterocycles. The first-order valence-corrected chi connectivity index (χ1v) is 10.1. The molecule has 2 aromatic rings. The van der Waals surface area contributed by atoms with Gasteiger partial charge in [0, 0.05) is 18.7 Å². The summed E-state index contributed by atoms with van der Waals surface area (Å²) in [7, 11) is -1.83. The Balaban J connectivity index is 1.93. The van der Waals surface area contributed by atoms with Crippen LogP contribution in [-0.2, 0) is 14.8 Å². The highest BCUT2D eigenvalue weighted by atomic mass is 32.2. The van der Waals surface area contributed by atoms with Gasteiger partial charge in [0.05, 0.1) is 19.1 Å². The van der Waals surface area contributed by atoms with Gasteiger partial charge in [0.1, 0.15) is 5.75 Å². The maximum Gasteiger partial charge on any atom is 0.232 e. The van der Waals surface area contributed by atoms with E-state index < -0.39 is 10.0 Å². The Morgan fingerprint density at radius 3 is 2.42 bits per heavy atom. The van der Waals surface area contributed by atoms with Gasteiger partial charge in [-0.15, -0.1) is 0 Å². The summed E-state index contributed by atoms with van der Waals surface area (Å²) in [6.07, 6.45) is 1.82. The van der Waals surface area contributed by atoms with Crippen LogP contribution in [0.1, 0.15) is 18.4 Å². The number of sulfonamides is 1. The lowest BCUT2D eigenvalue weighted by molar-refractivity contribution is -0.116. The molecule has 1 amide bonds. The molecular weight excluding hydrogens is 352 g/mol. The van der Waals surface area contributed by atoms with E-state index in [9.17, 15) is 13.2 Å². The molecule has 0 aliphatic rings. The average Bonchev–Trinajstić information content (AvgIpc) is 2.58. The average molecular weight is 376 g/mol. The molecule has 1 N–H and O–H groups in total. The summed E-state index contributed by atoms with van der Waals surface area (Å²) in [4.78, 5) is 12.1. The van der Waals surface area contributed by atoms with Gasteiger partial charge in [0.15, 0.2) is 0 Å². The van der Waals surface area contributed by atoms with E-state index in [4.69, 9.17) is 4.74 Å². The van der Waals surface area contributed by atoms with Gasteiger partial charge in [0.25, 0.3) is 0 Å². The van der Waals surface area contributed by atoms with Crippen molar-refractivity contribution in [2.45, 2.75) is 19.8 Å². The Morgan fingerprint density at radius 2 is 1.85 bits per heavy atom. The zero-order chi connectivity index (χ0) is 19.2. The van der Waals surface area contributed by atoms with Gasteiger partial charge in [0.2, 0.25) is 15.9 Å². The smallest absolute Gasteiger partial charge is 0.232 e. The predicted octanol–water partition coefficient (Wildman–Crippen LogP) is 3.19. The lowest BCUT2D eigenvalue weighted by Gasteiger charge is -2.22. The van der Waals surface area contributed by atoms with E-state index in [0.717, 1.165) is 5.56 Å². The monoisotopic (exact) mass is 376 g/mol. The third-order valence-corrected chi connectivity index (χ3v) is 5.02. The topological polar surface area (TPSA) is 75.7 Å². The minimum atomic E-state index is -3.41. The number of hydrogen-bond acceptors (Lipinski definition) is 4. The third-order valence-electron chi connectivity index (χ3n) is 3.83. The lowest BCUT2D eigenvalue weighted by atomic mass is 10.2. The Morgan fingerprint density at radius 1 is 1.15 bits per heavy atom. The van der Waals surface area contributed by atoms with Crippen molar-refractivity contribution in [2.75, 3.05) is 29.5 Å². The van der Waals surface area contributed by atoms with Gasteiger partial charge >= 0.3 is 0 Å². The van der Waals surface area contributed by atoms with Crippen LogP contribution in [0.25, 0.3) is 0 Å². The SMILES string of the molecule is COc1ccc(NC(=O)CCCN(c2cccc(C)c2)S(C)(=O)=O)cc1. The second-order valence-corrected chi connectivity index (χ2v) is 7.96. The standard InChI is InChI=1S/C19H24N2O4S/c1-15-6-4-7-17(14-15)21(26(3,23)24)13-5-8-19(22)20-16-9-11-18(25-2)12-10-16/h4,6-7,9-12,14H,5,8,13H2,1-3H3,(H,20,22). The number of rotatable bonds is 8. The van der Waals surface area contributed by atoms with Crippen LogP contribution in [0.2, 0.25) is 0 Å². The summed E-state index contributed by atoms with van der Waals surface area (Å²) in [5.74, 6) is 0.554. The molecule has 0 bridgehead atoms. The summed E-state index contributed by atoms with van der Waals surface area (Å²) in [5.41, 5.74) is 2.27. The summed E-state index contributed by atoms with van der Waals surface area (Å²) < 4.78 is 30.6. The third kappa shape index (κ3) is 5.77. The molecule has 0 unspecified atom stereocenters. The Kier molecular flexibility index (Phi) is 6.63. The fraction of sp³-hybridized carbons (Fsp3) is 0.316. The van der Waals surface area contributed by atoms with Gasteiger partial charge in [-0.1, -0.05) is 12.1 Å². The van der Waals surface area contributed by atoms with Crippen LogP contribution in [0.5, 0.6) is 5.75 Å². The molecule has 0 atom stereocenters. The van der Waals surface area contributed by atoms with E-state index in [0.29, 0.717) is 23.5 Å². The minimum Gasteiger partial charge on any atom is -0.497 e. The fourth-order valence-corrected chi connectivity index (χ4v) is 3.51. The molecular formula is C19H24N2O4S. The Bertz CT molecular complexity index is 848. The maximum absolute atomic E-state index is 12.1. The Hall–Kier alpha value is -2.54. The van der Waals surface area contributed by atoms with Crippen molar-refractivity contribution in [2.24, 2.45) is 0 Å². The van der Waals surface area contributed by atoms with E-state index in [2.05, 4.69) is 5.32 Å². The first-order chi connectivity index (χ1) is 12.3. The lowest BCUT2D eigenvalue weighted by Crippen LogP contribution is -2.31. The number of anilines is 2. The molecule has 7 heteroatoms. The number of methoxy groups -OCH3 is 1. The second-order valence-electron chi connectivity index (χ2n) is 6.05. The summed E-state index contributed by atoms with van der Waals surface area (Å²) in [5, 5.41) is 2.79. The zero-order valence-electron chi connectivity index (χ0n) is 15.2. The number of amides is 1. The van der Waals surface area contributed by atoms with E-state index in [1.54, 1.807) is 37.4 Å². The van der Waals surface area contributed by atoms with Gasteiger partial charge in [-0.3, -0.25) is 9.10 Å². The molecule has 0 spiro atoms. The summed E-state index contributed by atoms with van der Waals surface area (Å²) >= 11 is 0. The molecule has 2 aromatic carbocycles. The zero-order valence-corrected chi connectivity index (χ0v) is 16.0. The van der Waals surface area contributed by atoms with E-state index in [1.165, 1.54) is 10.6 Å². The van der Waals surface area contributed by atoms with Crippen LogP contribution in [0, 0.1) is 6.92 Å². The molecule has 0 aliphatic carbocycles. The highest BCUT2D eigenvalue weighted by molar-refractivity contribution is 7.92. The fourth-order valence-electron chi connectivity index (χ4n) is 2.55. The number of carbonyl (C=O) groups excluding carboxylic acids is 1. The molecule has 0 aliphatic heterocycles. The Labute approximate surface area is 154 Å². The molecule has 0 radical (unpaired) electrons. The van der Waals surface area contributed by atoms with E-state index in [-0.39, 0.29) is 18.9 Å². The van der Waals surface area contributed by atoms with Crippen LogP contribution in [0.4, 0.5) is 11.4 Å². The number of ether oxygens (including phenoxy) is 1.